The SMILES string of the molecule is N#CC1(Cc2ccc(F)c(C(F)(F)F)c2)CCNCC1. The molecule has 1 saturated heterocycles. The van der Waals surface area contributed by atoms with Gasteiger partial charge in [-0.15, -0.1) is 0 Å². The zero-order valence-electron chi connectivity index (χ0n) is 10.7. The summed E-state index contributed by atoms with van der Waals surface area (Å²) in [6.07, 6.45) is -3.33. The van der Waals surface area contributed by atoms with Crippen molar-refractivity contribution in [1.82, 2.24) is 5.32 Å². The molecule has 2 nitrogen and oxygen atoms in total. The summed E-state index contributed by atoms with van der Waals surface area (Å²) in [6, 6.07) is 5.19. The van der Waals surface area contributed by atoms with Gasteiger partial charge in [0.05, 0.1) is 17.0 Å². The van der Waals surface area contributed by atoms with E-state index >= 15 is 0 Å². The first-order chi connectivity index (χ1) is 9.36. The summed E-state index contributed by atoms with van der Waals surface area (Å²) in [6.45, 7) is 1.34. The lowest BCUT2D eigenvalue weighted by atomic mass is 9.75. The van der Waals surface area contributed by atoms with Gasteiger partial charge in [0.1, 0.15) is 5.82 Å². The van der Waals surface area contributed by atoms with Crippen LogP contribution < -0.4 is 5.32 Å². The van der Waals surface area contributed by atoms with Gasteiger partial charge in [-0.1, -0.05) is 6.07 Å². The lowest BCUT2D eigenvalue weighted by Crippen LogP contribution is -2.37. The Labute approximate surface area is 114 Å². The van der Waals surface area contributed by atoms with E-state index in [-0.39, 0.29) is 6.42 Å². The van der Waals surface area contributed by atoms with Crippen LogP contribution in [0.5, 0.6) is 0 Å². The average Bonchev–Trinajstić information content (AvgIpc) is 2.41. The van der Waals surface area contributed by atoms with Gasteiger partial charge in [0.25, 0.3) is 0 Å². The zero-order chi connectivity index (χ0) is 14.8. The van der Waals surface area contributed by atoms with Crippen molar-refractivity contribution in [1.29, 1.82) is 5.26 Å². The molecule has 0 unspecified atom stereocenters. The summed E-state index contributed by atoms with van der Waals surface area (Å²) in [4.78, 5) is 0. The van der Waals surface area contributed by atoms with E-state index in [1.54, 1.807) is 0 Å². The summed E-state index contributed by atoms with van der Waals surface area (Å²) >= 11 is 0. The van der Waals surface area contributed by atoms with Crippen molar-refractivity contribution in [3.63, 3.8) is 0 Å². The molecule has 0 atom stereocenters. The van der Waals surface area contributed by atoms with Gasteiger partial charge in [0.15, 0.2) is 0 Å². The summed E-state index contributed by atoms with van der Waals surface area (Å²) in [5.74, 6) is -1.28. The van der Waals surface area contributed by atoms with Gasteiger partial charge in [-0.2, -0.15) is 18.4 Å². The number of alkyl halides is 3. The molecule has 1 aromatic carbocycles. The second-order valence-electron chi connectivity index (χ2n) is 5.13. The number of piperidine rings is 1. The number of nitrogens with one attached hydrogen (secondary N) is 1. The third-order valence-electron chi connectivity index (χ3n) is 3.68. The van der Waals surface area contributed by atoms with Crippen LogP contribution in [0.15, 0.2) is 18.2 Å². The van der Waals surface area contributed by atoms with Crippen LogP contribution in [0, 0.1) is 22.6 Å². The van der Waals surface area contributed by atoms with E-state index in [9.17, 15) is 22.8 Å². The minimum Gasteiger partial charge on any atom is -0.317 e. The zero-order valence-corrected chi connectivity index (χ0v) is 10.7. The Hall–Kier alpha value is -1.61. The fourth-order valence-electron chi connectivity index (χ4n) is 2.52. The first-order valence-corrected chi connectivity index (χ1v) is 6.34. The average molecular weight is 286 g/mol. The molecule has 0 aromatic heterocycles. The van der Waals surface area contributed by atoms with Crippen LogP contribution >= 0.6 is 0 Å². The number of halogens is 4. The highest BCUT2D eigenvalue weighted by molar-refractivity contribution is 5.29. The third-order valence-corrected chi connectivity index (χ3v) is 3.68. The fourth-order valence-corrected chi connectivity index (χ4v) is 2.52. The van der Waals surface area contributed by atoms with Gasteiger partial charge in [-0.3, -0.25) is 0 Å². The predicted molar refractivity (Wildman–Crippen MR) is 65.3 cm³/mol. The molecule has 108 valence electrons. The second kappa shape index (κ2) is 5.41. The molecule has 2 rings (SSSR count). The molecule has 1 N–H and O–H groups in total. The highest BCUT2D eigenvalue weighted by atomic mass is 19.4. The van der Waals surface area contributed by atoms with Crippen LogP contribution in [0.3, 0.4) is 0 Å². The van der Waals surface area contributed by atoms with Gasteiger partial charge in [-0.25, -0.2) is 4.39 Å². The Kier molecular flexibility index (Phi) is 4.00. The van der Waals surface area contributed by atoms with E-state index in [1.807, 2.05) is 0 Å². The first-order valence-electron chi connectivity index (χ1n) is 6.34. The minimum atomic E-state index is -4.71. The standard InChI is InChI=1S/C14H14F4N2/c15-12-2-1-10(7-11(12)14(16,17)18)8-13(9-19)3-5-20-6-4-13/h1-2,7,20H,3-6,8H2. The molecule has 20 heavy (non-hydrogen) atoms. The fraction of sp³-hybridized carbons (Fsp3) is 0.500. The molecule has 6 heteroatoms. The van der Waals surface area contributed by atoms with Crippen LogP contribution in [-0.2, 0) is 12.6 Å². The molecule has 1 aromatic rings. The Morgan fingerprint density at radius 3 is 2.45 bits per heavy atom. The number of nitrogens with zero attached hydrogens (tertiary/aromatic N) is 1. The molecule has 0 bridgehead atoms. The van der Waals surface area contributed by atoms with Crippen molar-refractivity contribution in [2.24, 2.45) is 5.41 Å². The van der Waals surface area contributed by atoms with Gasteiger partial charge in [-0.05, 0) is 50.0 Å². The highest BCUT2D eigenvalue weighted by Crippen LogP contribution is 2.36. The maximum atomic E-state index is 13.2. The molecule has 0 saturated carbocycles. The normalized spacial score (nSPS) is 18.6. The lowest BCUT2D eigenvalue weighted by Gasteiger charge is -2.31. The van der Waals surface area contributed by atoms with Crippen LogP contribution in [-0.4, -0.2) is 13.1 Å². The highest BCUT2D eigenvalue weighted by Gasteiger charge is 2.36. The smallest absolute Gasteiger partial charge is 0.317 e. The maximum absolute atomic E-state index is 13.2. The first kappa shape index (κ1) is 14.8. The predicted octanol–water partition coefficient (Wildman–Crippen LogP) is 3.28. The molecule has 0 radical (unpaired) electrons. The number of benzene rings is 1. The van der Waals surface area contributed by atoms with Gasteiger partial charge in [0.2, 0.25) is 0 Å². The number of hydrogen-bond donors (Lipinski definition) is 1. The molecule has 1 heterocycles. The van der Waals surface area contributed by atoms with Gasteiger partial charge < -0.3 is 5.32 Å². The Morgan fingerprint density at radius 1 is 1.25 bits per heavy atom. The molecular formula is C14H14F4N2. The number of nitriles is 1. The van der Waals surface area contributed by atoms with Gasteiger partial charge >= 0.3 is 6.18 Å². The van der Waals surface area contributed by atoms with Crippen molar-refractivity contribution >= 4 is 0 Å². The van der Waals surface area contributed by atoms with E-state index < -0.39 is 23.0 Å². The quantitative estimate of drug-likeness (QED) is 0.847. The second-order valence-corrected chi connectivity index (χ2v) is 5.13. The van der Waals surface area contributed by atoms with E-state index in [4.69, 9.17) is 0 Å². The molecule has 1 fully saturated rings. The van der Waals surface area contributed by atoms with E-state index in [2.05, 4.69) is 11.4 Å². The van der Waals surface area contributed by atoms with E-state index in [0.717, 1.165) is 12.1 Å². The third kappa shape index (κ3) is 3.10. The molecule has 0 spiro atoms. The lowest BCUT2D eigenvalue weighted by molar-refractivity contribution is -0.140. The topological polar surface area (TPSA) is 35.8 Å². The monoisotopic (exact) mass is 286 g/mol. The maximum Gasteiger partial charge on any atom is 0.419 e. The Balaban J connectivity index is 2.28. The van der Waals surface area contributed by atoms with Crippen molar-refractivity contribution < 1.29 is 17.6 Å². The van der Waals surface area contributed by atoms with E-state index in [1.165, 1.54) is 6.07 Å². The van der Waals surface area contributed by atoms with E-state index in [0.29, 0.717) is 31.5 Å². The number of rotatable bonds is 2. The van der Waals surface area contributed by atoms with Crippen molar-refractivity contribution in [2.45, 2.75) is 25.4 Å². The molecule has 0 amide bonds. The largest absolute Gasteiger partial charge is 0.419 e. The Morgan fingerprint density at radius 2 is 1.90 bits per heavy atom. The summed E-state index contributed by atoms with van der Waals surface area (Å²) in [5, 5.41) is 12.4. The minimum absolute atomic E-state index is 0.217. The Bertz CT molecular complexity index is 525. The van der Waals surface area contributed by atoms with Crippen molar-refractivity contribution in [2.75, 3.05) is 13.1 Å². The number of hydrogen-bond acceptors (Lipinski definition) is 2. The van der Waals surface area contributed by atoms with Crippen LogP contribution in [0.1, 0.15) is 24.0 Å². The molecule has 1 aliphatic heterocycles. The van der Waals surface area contributed by atoms with Crippen molar-refractivity contribution in [3.05, 3.63) is 35.1 Å². The van der Waals surface area contributed by atoms with Crippen LogP contribution in [0.25, 0.3) is 0 Å². The van der Waals surface area contributed by atoms with Gasteiger partial charge in [0, 0.05) is 0 Å². The van der Waals surface area contributed by atoms with Crippen molar-refractivity contribution in [3.8, 4) is 6.07 Å². The summed E-state index contributed by atoms with van der Waals surface area (Å²) < 4.78 is 51.2. The molecule has 0 aliphatic carbocycles. The molecular weight excluding hydrogens is 272 g/mol. The van der Waals surface area contributed by atoms with Crippen LogP contribution in [0.4, 0.5) is 17.6 Å². The summed E-state index contributed by atoms with van der Waals surface area (Å²) in [5.41, 5.74) is -1.58. The molecule has 1 aliphatic rings. The van der Waals surface area contributed by atoms with Crippen LogP contribution in [0.2, 0.25) is 0 Å². The summed E-state index contributed by atoms with van der Waals surface area (Å²) in [7, 11) is 0.